The minimum absolute atomic E-state index is 0.0207. The average Bonchev–Trinajstić information content (AvgIpc) is 3.63. The van der Waals surface area contributed by atoms with Crippen molar-refractivity contribution in [1.82, 2.24) is 16.0 Å². The van der Waals surface area contributed by atoms with E-state index in [9.17, 15) is 24.0 Å². The van der Waals surface area contributed by atoms with Gasteiger partial charge in [-0.15, -0.1) is 0 Å². The lowest BCUT2D eigenvalue weighted by Gasteiger charge is -2.22. The van der Waals surface area contributed by atoms with Gasteiger partial charge in [0.15, 0.2) is 12.1 Å². The number of ether oxygens (including phenoxy) is 5. The first kappa shape index (κ1) is 39.6. The Morgan fingerprint density at radius 2 is 1.24 bits per heavy atom. The molecule has 49 heavy (non-hydrogen) atoms. The molecule has 2 aromatic carbocycles. The molecule has 3 N–H and O–H groups in total. The van der Waals surface area contributed by atoms with E-state index < -0.39 is 42.2 Å². The monoisotopic (exact) mass is 719 g/mol. The minimum Gasteiger partial charge on any atom is -0.467 e. The fourth-order valence-corrected chi connectivity index (χ4v) is 6.82. The summed E-state index contributed by atoms with van der Waals surface area (Å²) in [6, 6.07) is 15.7. The van der Waals surface area contributed by atoms with Crippen LogP contribution in [0.1, 0.15) is 50.2 Å². The van der Waals surface area contributed by atoms with E-state index in [4.69, 9.17) is 23.7 Å². The van der Waals surface area contributed by atoms with Crippen LogP contribution in [0.15, 0.2) is 60.7 Å². The molecular formula is C34H45N3O10S2. The number of carbonyl (C=O) groups excluding carboxylic acids is 5. The second-order valence-electron chi connectivity index (χ2n) is 11.0. The number of ketones is 1. The Morgan fingerprint density at radius 3 is 1.76 bits per heavy atom. The van der Waals surface area contributed by atoms with Gasteiger partial charge in [-0.25, -0.2) is 14.4 Å². The molecule has 0 aliphatic carbocycles. The summed E-state index contributed by atoms with van der Waals surface area (Å²) in [5.41, 5.74) is 1.62. The fraction of sp³-hybridized carbons (Fsp3) is 0.500. The number of Topliss-reactive ketones (excluding diaryl/α,β-unsaturated/α-hetero) is 1. The topological polar surface area (TPSA) is 168 Å². The van der Waals surface area contributed by atoms with Gasteiger partial charge in [0.2, 0.25) is 5.91 Å². The predicted molar refractivity (Wildman–Crippen MR) is 185 cm³/mol. The van der Waals surface area contributed by atoms with Crippen LogP contribution in [0, 0.1) is 0 Å². The van der Waals surface area contributed by atoms with Crippen LogP contribution in [-0.4, -0.2) is 86.1 Å². The summed E-state index contributed by atoms with van der Waals surface area (Å²) in [6.07, 6.45) is 0.193. The predicted octanol–water partition coefficient (Wildman–Crippen LogP) is 4.53. The van der Waals surface area contributed by atoms with E-state index in [0.717, 1.165) is 11.1 Å². The Hall–Kier alpha value is -3.79. The summed E-state index contributed by atoms with van der Waals surface area (Å²) < 4.78 is 26.4. The van der Waals surface area contributed by atoms with Crippen LogP contribution in [-0.2, 0) is 51.3 Å². The maximum Gasteiger partial charge on any atom is 0.408 e. The standard InChI is InChI=1S/C34H45N3O10S2/c1-24(38)27(36-33(41)46-22-25-10-5-3-6-11-25)16-20-48-49-21-17-28(37-34(42)47-23-26-12-7-4-8-13-26)31(39)35-29(32(40)43-2)14-9-15-30-44-18-19-45-30/h3-8,10-13,27-30H,9,14-23H2,1-2H3,(H,35,39)(H,36,41)(H,37,42)/t27-,28-,29-/m0/s1. The second-order valence-corrected chi connectivity index (χ2v) is 13.7. The number of rotatable bonds is 21. The molecule has 1 aliphatic heterocycles. The van der Waals surface area contributed by atoms with Gasteiger partial charge in [0, 0.05) is 11.5 Å². The molecule has 0 bridgehead atoms. The van der Waals surface area contributed by atoms with Crippen LogP contribution >= 0.6 is 21.6 Å². The number of hydrogen-bond acceptors (Lipinski definition) is 12. The molecule has 1 heterocycles. The Labute approximate surface area is 294 Å². The zero-order valence-electron chi connectivity index (χ0n) is 27.8. The molecular weight excluding hydrogens is 675 g/mol. The number of esters is 1. The third kappa shape index (κ3) is 16.0. The third-order valence-corrected chi connectivity index (χ3v) is 9.78. The third-order valence-electron chi connectivity index (χ3n) is 7.31. The summed E-state index contributed by atoms with van der Waals surface area (Å²) in [7, 11) is 4.15. The first-order valence-corrected chi connectivity index (χ1v) is 18.5. The lowest BCUT2D eigenvalue weighted by molar-refractivity contribution is -0.145. The average molecular weight is 720 g/mol. The van der Waals surface area contributed by atoms with Crippen molar-refractivity contribution in [2.75, 3.05) is 31.8 Å². The molecule has 3 atom stereocenters. The lowest BCUT2D eigenvalue weighted by atomic mass is 10.1. The van der Waals surface area contributed by atoms with Crippen molar-refractivity contribution in [2.24, 2.45) is 0 Å². The number of nitrogens with one attached hydrogen (secondary N) is 3. The molecule has 268 valence electrons. The number of methoxy groups -OCH3 is 1. The number of carbonyl (C=O) groups is 5. The Kier molecular flexibility index (Phi) is 18.4. The molecule has 0 spiro atoms. The van der Waals surface area contributed by atoms with Crippen molar-refractivity contribution in [2.45, 2.75) is 76.7 Å². The van der Waals surface area contributed by atoms with Gasteiger partial charge in [-0.2, -0.15) is 0 Å². The van der Waals surface area contributed by atoms with Gasteiger partial charge in [0.05, 0.1) is 26.4 Å². The van der Waals surface area contributed by atoms with Gasteiger partial charge in [-0.05, 0) is 50.2 Å². The van der Waals surface area contributed by atoms with Gasteiger partial charge in [0.25, 0.3) is 0 Å². The lowest BCUT2D eigenvalue weighted by Crippen LogP contribution is -2.52. The summed E-state index contributed by atoms with van der Waals surface area (Å²) in [5.74, 6) is -0.384. The Balaban J connectivity index is 1.48. The quantitative estimate of drug-likeness (QED) is 0.0715. The Bertz CT molecular complexity index is 1320. The molecule has 0 aromatic heterocycles. The first-order valence-electron chi connectivity index (χ1n) is 16.1. The Morgan fingerprint density at radius 1 is 0.735 bits per heavy atom. The summed E-state index contributed by atoms with van der Waals surface area (Å²) >= 11 is 0. The molecule has 3 rings (SSSR count). The summed E-state index contributed by atoms with van der Waals surface area (Å²) in [5, 5.41) is 7.96. The zero-order valence-corrected chi connectivity index (χ0v) is 29.4. The highest BCUT2D eigenvalue weighted by Gasteiger charge is 2.28. The van der Waals surface area contributed by atoms with E-state index in [1.54, 1.807) is 0 Å². The van der Waals surface area contributed by atoms with Crippen LogP contribution in [0.25, 0.3) is 0 Å². The molecule has 0 saturated carbocycles. The molecule has 1 fully saturated rings. The van der Waals surface area contributed by atoms with Crippen LogP contribution in [0.5, 0.6) is 0 Å². The minimum atomic E-state index is -1.00. The fourth-order valence-electron chi connectivity index (χ4n) is 4.64. The smallest absolute Gasteiger partial charge is 0.408 e. The summed E-state index contributed by atoms with van der Waals surface area (Å²) in [6.45, 7) is 2.55. The van der Waals surface area contributed by atoms with Crippen molar-refractivity contribution in [3.05, 3.63) is 71.8 Å². The molecule has 0 unspecified atom stereocenters. The van der Waals surface area contributed by atoms with Gasteiger partial charge in [-0.1, -0.05) is 82.3 Å². The van der Waals surface area contributed by atoms with E-state index in [1.807, 2.05) is 60.7 Å². The largest absolute Gasteiger partial charge is 0.467 e. The zero-order chi connectivity index (χ0) is 35.3. The molecule has 0 radical (unpaired) electrons. The van der Waals surface area contributed by atoms with E-state index in [1.165, 1.54) is 35.6 Å². The highest BCUT2D eigenvalue weighted by Crippen LogP contribution is 2.24. The molecule has 13 nitrogen and oxygen atoms in total. The van der Waals surface area contributed by atoms with Crippen molar-refractivity contribution in [3.63, 3.8) is 0 Å². The number of amides is 3. The maximum absolute atomic E-state index is 13.4. The number of hydrogen-bond donors (Lipinski definition) is 3. The highest BCUT2D eigenvalue weighted by atomic mass is 33.1. The molecule has 1 aliphatic rings. The van der Waals surface area contributed by atoms with Crippen LogP contribution in [0.2, 0.25) is 0 Å². The molecule has 3 amide bonds. The van der Waals surface area contributed by atoms with E-state index in [0.29, 0.717) is 50.4 Å². The van der Waals surface area contributed by atoms with Crippen LogP contribution in [0.3, 0.4) is 0 Å². The molecule has 1 saturated heterocycles. The van der Waals surface area contributed by atoms with Crippen molar-refractivity contribution in [1.29, 1.82) is 0 Å². The van der Waals surface area contributed by atoms with Gasteiger partial charge in [0.1, 0.15) is 25.3 Å². The van der Waals surface area contributed by atoms with Crippen LogP contribution < -0.4 is 16.0 Å². The number of benzene rings is 2. The maximum atomic E-state index is 13.4. The van der Waals surface area contributed by atoms with Crippen LogP contribution in [0.4, 0.5) is 9.59 Å². The van der Waals surface area contributed by atoms with Crippen molar-refractivity contribution < 1.29 is 47.7 Å². The van der Waals surface area contributed by atoms with E-state index in [2.05, 4.69) is 16.0 Å². The SMILES string of the molecule is COC(=O)[C@H](CCCC1OCCO1)NC(=O)[C@H](CCSSCC[C@H](NC(=O)OCc1ccccc1)C(C)=O)NC(=O)OCc1ccccc1. The second kappa shape index (κ2) is 22.8. The van der Waals surface area contributed by atoms with Crippen molar-refractivity contribution in [3.8, 4) is 0 Å². The normalized spacial score (nSPS) is 14.6. The summed E-state index contributed by atoms with van der Waals surface area (Å²) in [4.78, 5) is 63.0. The van der Waals surface area contributed by atoms with Crippen molar-refractivity contribution >= 4 is 51.4 Å². The number of alkyl carbamates (subject to hydrolysis) is 2. The molecule has 2 aromatic rings. The van der Waals surface area contributed by atoms with E-state index in [-0.39, 0.29) is 31.7 Å². The molecule has 15 heteroatoms. The van der Waals surface area contributed by atoms with Gasteiger partial charge in [-0.3, -0.25) is 9.59 Å². The van der Waals surface area contributed by atoms with Gasteiger partial charge >= 0.3 is 18.2 Å². The highest BCUT2D eigenvalue weighted by molar-refractivity contribution is 8.76. The first-order chi connectivity index (χ1) is 23.7. The van der Waals surface area contributed by atoms with Gasteiger partial charge < -0.3 is 39.6 Å². The van der Waals surface area contributed by atoms with E-state index >= 15 is 0 Å².